The number of ether oxygens (including phenoxy) is 1. The number of hydrogen-bond acceptors (Lipinski definition) is 6. The van der Waals surface area contributed by atoms with Crippen LogP contribution in [0.5, 0.6) is 0 Å². The molecule has 0 fully saturated rings. The second-order valence-corrected chi connectivity index (χ2v) is 8.02. The van der Waals surface area contributed by atoms with Gasteiger partial charge in [0.2, 0.25) is 0 Å². The van der Waals surface area contributed by atoms with E-state index in [0.717, 1.165) is 11.3 Å². The van der Waals surface area contributed by atoms with Crippen molar-refractivity contribution in [1.29, 1.82) is 0 Å². The third-order valence-electron chi connectivity index (χ3n) is 3.60. The number of carbonyl (C=O) groups excluding carboxylic acids is 1. The van der Waals surface area contributed by atoms with Crippen LogP contribution in [0.2, 0.25) is 5.02 Å². The molecule has 0 spiro atoms. The summed E-state index contributed by atoms with van der Waals surface area (Å²) in [4.78, 5) is 15.7. The topological polar surface area (TPSA) is 111 Å². The van der Waals surface area contributed by atoms with E-state index in [4.69, 9.17) is 22.1 Å². The van der Waals surface area contributed by atoms with Gasteiger partial charge in [0.1, 0.15) is 0 Å². The molecular weight excluding hydrogens is 374 g/mol. The molecule has 0 saturated heterocycles. The fourth-order valence-corrected chi connectivity index (χ4v) is 4.48. The Balaban J connectivity index is 2.36. The van der Waals surface area contributed by atoms with Crippen LogP contribution in [0.1, 0.15) is 18.2 Å². The van der Waals surface area contributed by atoms with Gasteiger partial charge in [0.15, 0.2) is 10.7 Å². The van der Waals surface area contributed by atoms with Crippen molar-refractivity contribution in [2.45, 2.75) is 24.3 Å². The molecule has 1 unspecified atom stereocenters. The summed E-state index contributed by atoms with van der Waals surface area (Å²) in [6.45, 7) is 3.07. The molecule has 0 aliphatic carbocycles. The molecule has 1 atom stereocenters. The Kier molecular flexibility index (Phi) is 5.19. The van der Waals surface area contributed by atoms with E-state index >= 15 is 0 Å². The normalized spacial score (nSPS) is 14.2. The van der Waals surface area contributed by atoms with E-state index in [-0.39, 0.29) is 15.7 Å². The predicted octanol–water partition coefficient (Wildman–Crippen LogP) is 2.25. The highest BCUT2D eigenvalue weighted by Crippen LogP contribution is 2.30. The van der Waals surface area contributed by atoms with Gasteiger partial charge in [-0.15, -0.1) is 11.3 Å². The summed E-state index contributed by atoms with van der Waals surface area (Å²) >= 11 is 6.99. The van der Waals surface area contributed by atoms with E-state index in [1.807, 2.05) is 0 Å². The first-order chi connectivity index (χ1) is 11.1. The summed E-state index contributed by atoms with van der Waals surface area (Å²) in [5.74, 6) is -0.726. The number of amides is 1. The smallest absolute Gasteiger partial charge is 0.263 e. The first-order valence-electron chi connectivity index (χ1n) is 6.71. The highest BCUT2D eigenvalue weighted by atomic mass is 35.5. The zero-order chi connectivity index (χ0) is 18.1. The highest BCUT2D eigenvalue weighted by Gasteiger charge is 2.36. The number of primary amides is 1. The molecule has 24 heavy (non-hydrogen) atoms. The van der Waals surface area contributed by atoms with Gasteiger partial charge in [-0.05, 0) is 31.5 Å². The molecule has 1 aromatic heterocycles. The van der Waals surface area contributed by atoms with Gasteiger partial charge in [-0.25, -0.2) is 13.4 Å². The van der Waals surface area contributed by atoms with Crippen LogP contribution in [-0.4, -0.2) is 26.4 Å². The SMILES string of the molecule is COC(C)(C(N)=O)c1csc(NS(=O)(=O)c2cccc(Cl)c2C)n1. The van der Waals surface area contributed by atoms with Gasteiger partial charge >= 0.3 is 0 Å². The van der Waals surface area contributed by atoms with Gasteiger partial charge in [0.05, 0.1) is 10.6 Å². The van der Waals surface area contributed by atoms with Crippen LogP contribution in [0.3, 0.4) is 0 Å². The number of anilines is 1. The van der Waals surface area contributed by atoms with E-state index < -0.39 is 21.5 Å². The molecule has 1 aromatic carbocycles. The van der Waals surface area contributed by atoms with E-state index in [1.165, 1.54) is 25.5 Å². The number of methoxy groups -OCH3 is 1. The molecule has 0 bridgehead atoms. The summed E-state index contributed by atoms with van der Waals surface area (Å²) in [5, 5.41) is 1.95. The third kappa shape index (κ3) is 3.39. The fraction of sp³-hybridized carbons (Fsp3) is 0.286. The first kappa shape index (κ1) is 18.7. The molecular formula is C14H16ClN3O4S2. The molecule has 0 radical (unpaired) electrons. The zero-order valence-corrected chi connectivity index (χ0v) is 15.6. The molecule has 1 heterocycles. The lowest BCUT2D eigenvalue weighted by molar-refractivity contribution is -0.139. The van der Waals surface area contributed by atoms with Gasteiger partial charge in [-0.1, -0.05) is 17.7 Å². The molecule has 3 N–H and O–H groups in total. The maximum atomic E-state index is 12.5. The number of rotatable bonds is 6. The van der Waals surface area contributed by atoms with Crippen LogP contribution in [0, 0.1) is 6.92 Å². The molecule has 0 saturated carbocycles. The Labute approximate surface area is 148 Å². The Morgan fingerprint density at radius 1 is 1.46 bits per heavy atom. The number of thiazole rings is 1. The summed E-state index contributed by atoms with van der Waals surface area (Å²) in [5.41, 5.74) is 4.54. The number of nitrogens with zero attached hydrogens (tertiary/aromatic N) is 1. The first-order valence-corrected chi connectivity index (χ1v) is 9.45. The van der Waals surface area contributed by atoms with Crippen molar-refractivity contribution in [2.24, 2.45) is 5.73 Å². The molecule has 2 rings (SSSR count). The summed E-state index contributed by atoms with van der Waals surface area (Å²) < 4.78 is 32.5. The van der Waals surface area contributed by atoms with Gasteiger partial charge in [0.25, 0.3) is 15.9 Å². The lowest BCUT2D eigenvalue weighted by atomic mass is 10.0. The van der Waals surface area contributed by atoms with E-state index in [2.05, 4.69) is 9.71 Å². The maximum absolute atomic E-state index is 12.5. The highest BCUT2D eigenvalue weighted by molar-refractivity contribution is 7.93. The van der Waals surface area contributed by atoms with Crippen molar-refractivity contribution in [3.63, 3.8) is 0 Å². The number of aromatic nitrogens is 1. The number of hydrogen-bond donors (Lipinski definition) is 2. The Morgan fingerprint density at radius 3 is 2.71 bits per heavy atom. The molecule has 1 amide bonds. The average molecular weight is 390 g/mol. The minimum absolute atomic E-state index is 0.0520. The third-order valence-corrected chi connectivity index (χ3v) is 6.38. The predicted molar refractivity (Wildman–Crippen MR) is 92.7 cm³/mol. The van der Waals surface area contributed by atoms with Crippen LogP contribution in [-0.2, 0) is 25.2 Å². The lowest BCUT2D eigenvalue weighted by Gasteiger charge is -2.21. The number of nitrogens with two attached hydrogens (primary N) is 1. The monoisotopic (exact) mass is 389 g/mol. The average Bonchev–Trinajstić information content (AvgIpc) is 2.96. The van der Waals surface area contributed by atoms with Crippen LogP contribution in [0.15, 0.2) is 28.5 Å². The van der Waals surface area contributed by atoms with Crippen LogP contribution in [0.25, 0.3) is 0 Å². The van der Waals surface area contributed by atoms with Gasteiger partial charge in [0, 0.05) is 17.5 Å². The van der Waals surface area contributed by atoms with Crippen molar-refractivity contribution in [3.05, 3.63) is 39.9 Å². The number of nitrogens with one attached hydrogen (secondary N) is 1. The van der Waals surface area contributed by atoms with Crippen molar-refractivity contribution in [1.82, 2.24) is 4.98 Å². The minimum atomic E-state index is -3.87. The number of carbonyl (C=O) groups is 1. The Bertz CT molecular complexity index is 882. The zero-order valence-electron chi connectivity index (χ0n) is 13.2. The Hall–Kier alpha value is -1.68. The molecule has 0 aliphatic rings. The number of sulfonamides is 1. The van der Waals surface area contributed by atoms with Crippen LogP contribution in [0.4, 0.5) is 5.13 Å². The number of halogens is 1. The van der Waals surface area contributed by atoms with E-state index in [1.54, 1.807) is 19.1 Å². The van der Waals surface area contributed by atoms with Gasteiger partial charge in [-0.3, -0.25) is 9.52 Å². The lowest BCUT2D eigenvalue weighted by Crippen LogP contribution is -2.40. The fourth-order valence-electron chi connectivity index (χ4n) is 1.92. The maximum Gasteiger partial charge on any atom is 0.263 e. The van der Waals surface area contributed by atoms with Crippen molar-refractivity contribution < 1.29 is 17.9 Å². The Morgan fingerprint density at radius 2 is 2.12 bits per heavy atom. The molecule has 2 aromatic rings. The summed E-state index contributed by atoms with van der Waals surface area (Å²) in [7, 11) is -2.55. The second-order valence-electron chi connectivity index (χ2n) is 5.11. The molecule has 7 nitrogen and oxygen atoms in total. The summed E-state index contributed by atoms with van der Waals surface area (Å²) in [6, 6.07) is 4.60. The van der Waals surface area contributed by atoms with Gasteiger partial charge < -0.3 is 10.5 Å². The van der Waals surface area contributed by atoms with Gasteiger partial charge in [-0.2, -0.15) is 0 Å². The quantitative estimate of drug-likeness (QED) is 0.786. The van der Waals surface area contributed by atoms with Crippen molar-refractivity contribution >= 4 is 44.0 Å². The van der Waals surface area contributed by atoms with Crippen LogP contribution >= 0.6 is 22.9 Å². The standard InChI is InChI=1S/C14H16ClN3O4S2/c1-8-9(15)5-4-6-10(8)24(20,21)18-13-17-11(7-23-13)14(2,22-3)12(16)19/h4-7H,1-3H3,(H2,16,19)(H,17,18). The molecule has 0 aliphatic heterocycles. The van der Waals surface area contributed by atoms with E-state index in [9.17, 15) is 13.2 Å². The van der Waals surface area contributed by atoms with E-state index in [0.29, 0.717) is 10.6 Å². The van der Waals surface area contributed by atoms with Crippen molar-refractivity contribution in [2.75, 3.05) is 11.8 Å². The number of benzene rings is 1. The summed E-state index contributed by atoms with van der Waals surface area (Å²) in [6.07, 6.45) is 0. The molecule has 130 valence electrons. The largest absolute Gasteiger partial charge is 0.367 e. The minimum Gasteiger partial charge on any atom is -0.367 e. The molecule has 10 heteroatoms. The van der Waals surface area contributed by atoms with Crippen LogP contribution < -0.4 is 10.5 Å². The van der Waals surface area contributed by atoms with Crippen molar-refractivity contribution in [3.8, 4) is 0 Å². The second kappa shape index (κ2) is 6.67.